The molecule has 2 fully saturated rings. The van der Waals surface area contributed by atoms with Crippen LogP contribution in [0.1, 0.15) is 44.1 Å². The minimum atomic E-state index is 0.130. The minimum absolute atomic E-state index is 0.130. The van der Waals surface area contributed by atoms with E-state index in [0.717, 1.165) is 51.6 Å². The van der Waals surface area contributed by atoms with Crippen molar-refractivity contribution in [1.29, 1.82) is 0 Å². The van der Waals surface area contributed by atoms with Crippen molar-refractivity contribution < 1.29 is 4.79 Å². The van der Waals surface area contributed by atoms with Crippen LogP contribution in [0.5, 0.6) is 0 Å². The summed E-state index contributed by atoms with van der Waals surface area (Å²) in [5.41, 5.74) is 1.35. The number of hydrogen-bond acceptors (Lipinski definition) is 2. The second-order valence-corrected chi connectivity index (χ2v) is 7.27. The van der Waals surface area contributed by atoms with Gasteiger partial charge in [-0.2, -0.15) is 0 Å². The molecule has 1 aliphatic heterocycles. The van der Waals surface area contributed by atoms with Gasteiger partial charge in [-0.15, -0.1) is 0 Å². The highest BCUT2D eigenvalue weighted by Crippen LogP contribution is 2.25. The summed E-state index contributed by atoms with van der Waals surface area (Å²) in [7, 11) is 0. The smallest absolute Gasteiger partial charge is 0.317 e. The second-order valence-electron chi connectivity index (χ2n) is 7.27. The lowest BCUT2D eigenvalue weighted by Crippen LogP contribution is -2.51. The normalized spacial score (nSPS) is 20.1. The molecular weight excluding hydrogens is 298 g/mol. The van der Waals surface area contributed by atoms with Gasteiger partial charge in [0, 0.05) is 39.3 Å². The molecule has 24 heavy (non-hydrogen) atoms. The summed E-state index contributed by atoms with van der Waals surface area (Å²) in [5.74, 6) is 0.835. The number of carbonyl (C=O) groups is 1. The van der Waals surface area contributed by atoms with Crippen LogP contribution in [0.25, 0.3) is 0 Å². The first-order chi connectivity index (χ1) is 11.8. The minimum Gasteiger partial charge on any atom is -0.338 e. The van der Waals surface area contributed by atoms with Crippen molar-refractivity contribution in [2.75, 3.05) is 32.7 Å². The van der Waals surface area contributed by atoms with E-state index in [1.54, 1.807) is 0 Å². The summed E-state index contributed by atoms with van der Waals surface area (Å²) in [6, 6.07) is 10.7. The molecule has 0 radical (unpaired) electrons. The molecule has 1 saturated carbocycles. The highest BCUT2D eigenvalue weighted by atomic mass is 16.2. The molecule has 2 aliphatic rings. The van der Waals surface area contributed by atoms with Crippen molar-refractivity contribution in [2.24, 2.45) is 5.92 Å². The van der Waals surface area contributed by atoms with E-state index in [1.807, 2.05) is 4.90 Å². The molecule has 0 atom stereocenters. The largest absolute Gasteiger partial charge is 0.338 e. The average Bonchev–Trinajstić information content (AvgIpc) is 2.64. The van der Waals surface area contributed by atoms with Crippen LogP contribution >= 0.6 is 0 Å². The fourth-order valence-corrected chi connectivity index (χ4v) is 3.92. The van der Waals surface area contributed by atoms with E-state index in [0.29, 0.717) is 0 Å². The first kappa shape index (κ1) is 17.3. The van der Waals surface area contributed by atoms with Crippen molar-refractivity contribution in [3.63, 3.8) is 0 Å². The lowest BCUT2D eigenvalue weighted by Gasteiger charge is -2.34. The molecule has 132 valence electrons. The summed E-state index contributed by atoms with van der Waals surface area (Å²) in [6.07, 6.45) is 8.02. The second kappa shape index (κ2) is 9.07. The summed E-state index contributed by atoms with van der Waals surface area (Å²) >= 11 is 0. The Balaban J connectivity index is 1.32. The van der Waals surface area contributed by atoms with Gasteiger partial charge in [0.1, 0.15) is 0 Å². The van der Waals surface area contributed by atoms with Gasteiger partial charge >= 0.3 is 6.03 Å². The molecule has 1 aliphatic carbocycles. The Kier molecular flexibility index (Phi) is 6.53. The van der Waals surface area contributed by atoms with Crippen molar-refractivity contribution in [3.05, 3.63) is 35.9 Å². The Bertz CT molecular complexity index is 491. The zero-order valence-corrected chi connectivity index (χ0v) is 14.8. The van der Waals surface area contributed by atoms with Gasteiger partial charge < -0.3 is 10.2 Å². The van der Waals surface area contributed by atoms with Gasteiger partial charge in [0.25, 0.3) is 0 Å². The molecule has 2 amide bonds. The fraction of sp³-hybridized carbons (Fsp3) is 0.650. The van der Waals surface area contributed by atoms with Crippen LogP contribution in [0.4, 0.5) is 4.79 Å². The van der Waals surface area contributed by atoms with Gasteiger partial charge in [-0.25, -0.2) is 4.79 Å². The predicted octanol–water partition coefficient (Wildman–Crippen LogP) is 3.48. The fourth-order valence-electron chi connectivity index (χ4n) is 3.92. The third kappa shape index (κ3) is 5.23. The van der Waals surface area contributed by atoms with Crippen molar-refractivity contribution in [3.8, 4) is 0 Å². The molecule has 3 rings (SSSR count). The topological polar surface area (TPSA) is 35.6 Å². The van der Waals surface area contributed by atoms with Gasteiger partial charge in [-0.05, 0) is 17.9 Å². The Hall–Kier alpha value is -1.55. The maximum Gasteiger partial charge on any atom is 0.317 e. The zero-order valence-electron chi connectivity index (χ0n) is 14.8. The highest BCUT2D eigenvalue weighted by molar-refractivity contribution is 5.74. The van der Waals surface area contributed by atoms with Gasteiger partial charge in [-0.3, -0.25) is 4.90 Å². The maximum atomic E-state index is 12.3. The van der Waals surface area contributed by atoms with Gasteiger partial charge in [-0.1, -0.05) is 62.4 Å². The molecule has 0 bridgehead atoms. The van der Waals surface area contributed by atoms with Crippen LogP contribution in [-0.4, -0.2) is 48.6 Å². The number of urea groups is 1. The Morgan fingerprint density at radius 3 is 2.42 bits per heavy atom. The number of nitrogens with one attached hydrogen (secondary N) is 1. The van der Waals surface area contributed by atoms with E-state index in [4.69, 9.17) is 0 Å². The van der Waals surface area contributed by atoms with E-state index in [2.05, 4.69) is 40.5 Å². The van der Waals surface area contributed by atoms with Gasteiger partial charge in [0.05, 0.1) is 0 Å². The Labute approximate surface area is 146 Å². The van der Waals surface area contributed by atoms with Crippen LogP contribution in [0.3, 0.4) is 0 Å². The molecule has 1 aromatic rings. The van der Waals surface area contributed by atoms with Gasteiger partial charge in [0.2, 0.25) is 0 Å². The Morgan fingerprint density at radius 2 is 1.71 bits per heavy atom. The number of benzene rings is 1. The Morgan fingerprint density at radius 1 is 1.00 bits per heavy atom. The summed E-state index contributed by atoms with van der Waals surface area (Å²) in [5, 5.41) is 3.13. The molecule has 1 saturated heterocycles. The van der Waals surface area contributed by atoms with E-state index in [9.17, 15) is 4.79 Å². The monoisotopic (exact) mass is 329 g/mol. The SMILES string of the molecule is O=C(NCCC1CCCCC1)N1CCN(Cc2ccccc2)CC1. The highest BCUT2D eigenvalue weighted by Gasteiger charge is 2.21. The summed E-state index contributed by atoms with van der Waals surface area (Å²) in [6.45, 7) is 5.42. The quantitative estimate of drug-likeness (QED) is 0.897. The van der Waals surface area contributed by atoms with Crippen LogP contribution in [-0.2, 0) is 6.54 Å². The molecule has 4 heteroatoms. The molecule has 1 aromatic carbocycles. The molecule has 0 aromatic heterocycles. The first-order valence-corrected chi connectivity index (χ1v) is 9.60. The van der Waals surface area contributed by atoms with Crippen LogP contribution < -0.4 is 5.32 Å². The van der Waals surface area contributed by atoms with Crippen molar-refractivity contribution in [1.82, 2.24) is 15.1 Å². The molecule has 0 unspecified atom stereocenters. The average molecular weight is 329 g/mol. The lowest BCUT2D eigenvalue weighted by molar-refractivity contribution is 0.135. The number of nitrogens with zero attached hydrogens (tertiary/aromatic N) is 2. The van der Waals surface area contributed by atoms with E-state index >= 15 is 0 Å². The van der Waals surface area contributed by atoms with E-state index in [-0.39, 0.29) is 6.03 Å². The van der Waals surface area contributed by atoms with Crippen LogP contribution in [0, 0.1) is 5.92 Å². The molecule has 1 N–H and O–H groups in total. The first-order valence-electron chi connectivity index (χ1n) is 9.60. The third-order valence-electron chi connectivity index (χ3n) is 5.46. The maximum absolute atomic E-state index is 12.3. The number of piperazine rings is 1. The summed E-state index contributed by atoms with van der Waals surface area (Å²) in [4.78, 5) is 16.7. The number of hydrogen-bond donors (Lipinski definition) is 1. The van der Waals surface area contributed by atoms with E-state index < -0.39 is 0 Å². The molecule has 1 heterocycles. The number of carbonyl (C=O) groups excluding carboxylic acids is 1. The third-order valence-corrected chi connectivity index (χ3v) is 5.46. The summed E-state index contributed by atoms with van der Waals surface area (Å²) < 4.78 is 0. The van der Waals surface area contributed by atoms with Crippen molar-refractivity contribution in [2.45, 2.75) is 45.1 Å². The number of rotatable bonds is 5. The standard InChI is InChI=1S/C20H31N3O/c24-20(21-12-11-18-7-3-1-4-8-18)23-15-13-22(14-16-23)17-19-9-5-2-6-10-19/h2,5-6,9-10,18H,1,3-4,7-8,11-17H2,(H,21,24). The van der Waals surface area contributed by atoms with Crippen LogP contribution in [0.15, 0.2) is 30.3 Å². The molecule has 0 spiro atoms. The zero-order chi connectivity index (χ0) is 16.6. The molecule has 4 nitrogen and oxygen atoms in total. The lowest BCUT2D eigenvalue weighted by atomic mass is 9.87. The molecular formula is C20H31N3O. The van der Waals surface area contributed by atoms with Crippen molar-refractivity contribution >= 4 is 6.03 Å². The van der Waals surface area contributed by atoms with E-state index in [1.165, 1.54) is 37.7 Å². The number of amides is 2. The van der Waals surface area contributed by atoms with Gasteiger partial charge in [0.15, 0.2) is 0 Å². The van der Waals surface area contributed by atoms with Crippen LogP contribution in [0.2, 0.25) is 0 Å². The predicted molar refractivity (Wildman–Crippen MR) is 97.9 cm³/mol.